The molecule has 3 nitrogen and oxygen atoms in total. The number of hydrogen-bond acceptors (Lipinski definition) is 3. The predicted octanol–water partition coefficient (Wildman–Crippen LogP) is 4.42. The molecule has 0 aliphatic carbocycles. The summed E-state index contributed by atoms with van der Waals surface area (Å²) in [6, 6.07) is 14.5. The van der Waals surface area contributed by atoms with Gasteiger partial charge in [-0.15, -0.1) is 0 Å². The Morgan fingerprint density at radius 2 is 1.77 bits per heavy atom. The summed E-state index contributed by atoms with van der Waals surface area (Å²) in [5.41, 5.74) is 2.49. The highest BCUT2D eigenvalue weighted by Gasteiger charge is 2.14. The smallest absolute Gasteiger partial charge is 0.347 e. The third kappa shape index (κ3) is 4.22. The zero-order chi connectivity index (χ0) is 15.9. The number of carbonyl (C=O) groups excluding carboxylic acids is 1. The standard InChI is InChI=1S/C19H20O3/c1-4-15-9-11-16(12-10-15)22-19(20)17-7-5-6-8-18(17)21-13-14(2)3/h5-12H,2,4,13H2,1,3H3. The summed E-state index contributed by atoms with van der Waals surface area (Å²) < 4.78 is 11.0. The third-order valence-corrected chi connectivity index (χ3v) is 3.12. The maximum Gasteiger partial charge on any atom is 0.347 e. The molecule has 0 bridgehead atoms. The van der Waals surface area contributed by atoms with E-state index in [0.717, 1.165) is 12.0 Å². The maximum atomic E-state index is 12.3. The van der Waals surface area contributed by atoms with Crippen LogP contribution in [0.1, 0.15) is 29.8 Å². The second-order valence-corrected chi connectivity index (χ2v) is 5.13. The van der Waals surface area contributed by atoms with Crippen molar-refractivity contribution in [3.63, 3.8) is 0 Å². The van der Waals surface area contributed by atoms with Gasteiger partial charge in [0.15, 0.2) is 0 Å². The van der Waals surface area contributed by atoms with E-state index in [0.29, 0.717) is 23.7 Å². The number of aryl methyl sites for hydroxylation is 1. The molecule has 22 heavy (non-hydrogen) atoms. The van der Waals surface area contributed by atoms with Gasteiger partial charge in [0.25, 0.3) is 0 Å². The highest BCUT2D eigenvalue weighted by molar-refractivity contribution is 5.94. The van der Waals surface area contributed by atoms with Crippen molar-refractivity contribution in [1.82, 2.24) is 0 Å². The van der Waals surface area contributed by atoms with Crippen LogP contribution in [-0.4, -0.2) is 12.6 Å². The van der Waals surface area contributed by atoms with E-state index in [1.807, 2.05) is 25.1 Å². The lowest BCUT2D eigenvalue weighted by atomic mass is 10.1. The quantitative estimate of drug-likeness (QED) is 0.449. The third-order valence-electron chi connectivity index (χ3n) is 3.12. The number of esters is 1. The van der Waals surface area contributed by atoms with Crippen molar-refractivity contribution >= 4 is 5.97 Å². The van der Waals surface area contributed by atoms with Crippen molar-refractivity contribution in [1.29, 1.82) is 0 Å². The molecule has 0 radical (unpaired) electrons. The fourth-order valence-corrected chi connectivity index (χ4v) is 1.92. The summed E-state index contributed by atoms with van der Waals surface area (Å²) in [5.74, 6) is 0.596. The van der Waals surface area contributed by atoms with Gasteiger partial charge in [-0.2, -0.15) is 0 Å². The van der Waals surface area contributed by atoms with E-state index in [2.05, 4.69) is 13.5 Å². The summed E-state index contributed by atoms with van der Waals surface area (Å²) in [6.07, 6.45) is 0.950. The van der Waals surface area contributed by atoms with Gasteiger partial charge in [0.05, 0.1) is 0 Å². The largest absolute Gasteiger partial charge is 0.488 e. The first kappa shape index (κ1) is 15.8. The fraction of sp³-hybridized carbons (Fsp3) is 0.211. The summed E-state index contributed by atoms with van der Waals surface area (Å²) >= 11 is 0. The Morgan fingerprint density at radius 3 is 2.41 bits per heavy atom. The topological polar surface area (TPSA) is 35.5 Å². The first-order valence-electron chi connectivity index (χ1n) is 7.27. The number of benzene rings is 2. The minimum atomic E-state index is -0.429. The summed E-state index contributed by atoms with van der Waals surface area (Å²) in [7, 11) is 0. The number of carbonyl (C=O) groups is 1. The molecule has 3 heteroatoms. The Morgan fingerprint density at radius 1 is 1.09 bits per heavy atom. The molecule has 0 saturated carbocycles. The molecule has 2 aromatic carbocycles. The van der Waals surface area contributed by atoms with Gasteiger partial charge >= 0.3 is 5.97 Å². The van der Waals surface area contributed by atoms with Crippen LogP contribution in [0.4, 0.5) is 0 Å². The first-order valence-corrected chi connectivity index (χ1v) is 7.27. The van der Waals surface area contributed by atoms with E-state index in [-0.39, 0.29) is 0 Å². The number of hydrogen-bond donors (Lipinski definition) is 0. The molecule has 0 amide bonds. The Hall–Kier alpha value is -2.55. The van der Waals surface area contributed by atoms with Gasteiger partial charge in [-0.05, 0) is 48.7 Å². The average molecular weight is 296 g/mol. The molecule has 0 unspecified atom stereocenters. The predicted molar refractivity (Wildman–Crippen MR) is 87.5 cm³/mol. The number of para-hydroxylation sites is 1. The van der Waals surface area contributed by atoms with Crippen molar-refractivity contribution in [2.75, 3.05) is 6.61 Å². The molecular formula is C19H20O3. The summed E-state index contributed by atoms with van der Waals surface area (Å²) in [6.45, 7) is 8.11. The molecule has 0 aliphatic heterocycles. The van der Waals surface area contributed by atoms with E-state index in [1.54, 1.807) is 30.3 Å². The second kappa shape index (κ2) is 7.46. The van der Waals surface area contributed by atoms with Crippen LogP contribution in [0.3, 0.4) is 0 Å². The van der Waals surface area contributed by atoms with Gasteiger partial charge in [0.2, 0.25) is 0 Å². The fourth-order valence-electron chi connectivity index (χ4n) is 1.92. The zero-order valence-corrected chi connectivity index (χ0v) is 13.0. The van der Waals surface area contributed by atoms with Gasteiger partial charge < -0.3 is 9.47 Å². The molecule has 0 N–H and O–H groups in total. The van der Waals surface area contributed by atoms with Crippen LogP contribution in [0.2, 0.25) is 0 Å². The van der Waals surface area contributed by atoms with Gasteiger partial charge in [-0.3, -0.25) is 0 Å². The van der Waals surface area contributed by atoms with Crippen LogP contribution < -0.4 is 9.47 Å². The van der Waals surface area contributed by atoms with Crippen molar-refractivity contribution in [2.45, 2.75) is 20.3 Å². The van der Waals surface area contributed by atoms with Crippen molar-refractivity contribution in [3.8, 4) is 11.5 Å². The Labute approximate surface area is 131 Å². The van der Waals surface area contributed by atoms with Gasteiger partial charge in [-0.25, -0.2) is 4.79 Å². The molecule has 0 atom stereocenters. The minimum Gasteiger partial charge on any atom is -0.488 e. The molecule has 0 saturated heterocycles. The molecule has 114 valence electrons. The van der Waals surface area contributed by atoms with Crippen LogP contribution in [0.25, 0.3) is 0 Å². The SMILES string of the molecule is C=C(C)COc1ccccc1C(=O)Oc1ccc(CC)cc1. The Kier molecular flexibility index (Phi) is 5.37. The Balaban J connectivity index is 2.12. The average Bonchev–Trinajstić information content (AvgIpc) is 2.54. The minimum absolute atomic E-state index is 0.371. The van der Waals surface area contributed by atoms with Gasteiger partial charge in [-0.1, -0.05) is 37.8 Å². The van der Waals surface area contributed by atoms with Crippen molar-refractivity contribution in [3.05, 3.63) is 71.8 Å². The number of rotatable bonds is 6. The van der Waals surface area contributed by atoms with Crippen LogP contribution in [-0.2, 0) is 6.42 Å². The molecular weight excluding hydrogens is 276 g/mol. The van der Waals surface area contributed by atoms with Crippen LogP contribution >= 0.6 is 0 Å². The molecule has 0 fully saturated rings. The van der Waals surface area contributed by atoms with E-state index in [9.17, 15) is 4.79 Å². The lowest BCUT2D eigenvalue weighted by Gasteiger charge is -2.11. The molecule has 2 aromatic rings. The normalized spacial score (nSPS) is 10.1. The first-order chi connectivity index (χ1) is 10.6. The lowest BCUT2D eigenvalue weighted by molar-refractivity contribution is 0.0730. The van der Waals surface area contributed by atoms with E-state index in [1.165, 1.54) is 5.56 Å². The molecule has 2 rings (SSSR count). The zero-order valence-electron chi connectivity index (χ0n) is 13.0. The number of ether oxygens (including phenoxy) is 2. The highest BCUT2D eigenvalue weighted by atomic mass is 16.5. The molecule has 0 aliphatic rings. The molecule has 0 heterocycles. The summed E-state index contributed by atoms with van der Waals surface area (Å²) in [4.78, 5) is 12.3. The Bertz CT molecular complexity index is 657. The van der Waals surface area contributed by atoms with Gasteiger partial charge in [0.1, 0.15) is 23.7 Å². The van der Waals surface area contributed by atoms with E-state index < -0.39 is 5.97 Å². The van der Waals surface area contributed by atoms with E-state index in [4.69, 9.17) is 9.47 Å². The molecule has 0 aromatic heterocycles. The maximum absolute atomic E-state index is 12.3. The van der Waals surface area contributed by atoms with Crippen molar-refractivity contribution < 1.29 is 14.3 Å². The van der Waals surface area contributed by atoms with E-state index >= 15 is 0 Å². The van der Waals surface area contributed by atoms with Gasteiger partial charge in [0, 0.05) is 0 Å². The lowest BCUT2D eigenvalue weighted by Crippen LogP contribution is -2.11. The second-order valence-electron chi connectivity index (χ2n) is 5.13. The summed E-state index contributed by atoms with van der Waals surface area (Å²) in [5, 5.41) is 0. The van der Waals surface area contributed by atoms with Crippen LogP contribution in [0, 0.1) is 0 Å². The molecule has 0 spiro atoms. The monoisotopic (exact) mass is 296 g/mol. The van der Waals surface area contributed by atoms with Crippen LogP contribution in [0.5, 0.6) is 11.5 Å². The van der Waals surface area contributed by atoms with Crippen molar-refractivity contribution in [2.24, 2.45) is 0 Å². The highest BCUT2D eigenvalue weighted by Crippen LogP contribution is 2.21. The van der Waals surface area contributed by atoms with Crippen LogP contribution in [0.15, 0.2) is 60.7 Å².